The van der Waals surface area contributed by atoms with Gasteiger partial charge in [-0.1, -0.05) is 29.4 Å². The summed E-state index contributed by atoms with van der Waals surface area (Å²) in [6, 6.07) is 11.0. The number of halogens is 2. The zero-order valence-electron chi connectivity index (χ0n) is 15.5. The Balaban J connectivity index is 1.51. The normalized spacial score (nSPS) is 10.6. The summed E-state index contributed by atoms with van der Waals surface area (Å²) in [7, 11) is 0. The van der Waals surface area contributed by atoms with E-state index in [2.05, 4.69) is 15.6 Å². The molecule has 0 aliphatic carbocycles. The molecule has 29 heavy (non-hydrogen) atoms. The van der Waals surface area contributed by atoms with E-state index in [4.69, 9.17) is 11.6 Å². The van der Waals surface area contributed by atoms with Gasteiger partial charge in [-0.05, 0) is 48.9 Å². The van der Waals surface area contributed by atoms with Crippen molar-refractivity contribution >= 4 is 40.9 Å². The van der Waals surface area contributed by atoms with Crippen LogP contribution in [-0.4, -0.2) is 33.7 Å². The minimum absolute atomic E-state index is 0.0977. The third-order valence-corrected chi connectivity index (χ3v) is 5.39. The highest BCUT2D eigenvalue weighted by Gasteiger charge is 2.12. The van der Waals surface area contributed by atoms with E-state index in [-0.39, 0.29) is 24.0 Å². The topological polar surface area (TPSA) is 76.0 Å². The van der Waals surface area contributed by atoms with Crippen LogP contribution in [0.5, 0.6) is 0 Å². The summed E-state index contributed by atoms with van der Waals surface area (Å²) >= 11 is 7.44. The largest absolute Gasteiger partial charge is 0.346 e. The maximum Gasteiger partial charge on any atom is 0.243 e. The highest BCUT2D eigenvalue weighted by atomic mass is 35.5. The van der Waals surface area contributed by atoms with Gasteiger partial charge in [-0.2, -0.15) is 0 Å². The first kappa shape index (κ1) is 20.9. The molecule has 0 atom stereocenters. The van der Waals surface area contributed by atoms with E-state index in [1.807, 2.05) is 29.7 Å². The Morgan fingerprint density at radius 2 is 1.93 bits per heavy atom. The number of anilines is 1. The number of carbonyl (C=O) groups excluding carboxylic acids is 2. The number of hydrogen-bond donors (Lipinski definition) is 2. The highest BCUT2D eigenvalue weighted by molar-refractivity contribution is 7.99. The van der Waals surface area contributed by atoms with Gasteiger partial charge < -0.3 is 10.6 Å². The van der Waals surface area contributed by atoms with Crippen molar-refractivity contribution in [1.82, 2.24) is 14.9 Å². The Kier molecular flexibility index (Phi) is 6.90. The van der Waals surface area contributed by atoms with E-state index < -0.39 is 5.91 Å². The fourth-order valence-electron chi connectivity index (χ4n) is 2.54. The molecule has 3 aromatic rings. The molecule has 9 heteroatoms. The van der Waals surface area contributed by atoms with Crippen molar-refractivity contribution in [3.8, 4) is 5.69 Å². The number of nitrogens with one attached hydrogen (secondary N) is 2. The number of thioether (sulfide) groups is 1. The molecule has 0 aliphatic heterocycles. The lowest BCUT2D eigenvalue weighted by Crippen LogP contribution is -2.33. The van der Waals surface area contributed by atoms with Crippen molar-refractivity contribution in [1.29, 1.82) is 0 Å². The van der Waals surface area contributed by atoms with E-state index in [1.165, 1.54) is 36.0 Å². The van der Waals surface area contributed by atoms with Crippen molar-refractivity contribution in [3.63, 3.8) is 0 Å². The van der Waals surface area contributed by atoms with Gasteiger partial charge in [0.05, 0.1) is 18.0 Å². The zero-order valence-corrected chi connectivity index (χ0v) is 17.1. The van der Waals surface area contributed by atoms with Crippen LogP contribution in [0.15, 0.2) is 60.0 Å². The number of benzene rings is 2. The van der Waals surface area contributed by atoms with Gasteiger partial charge in [0, 0.05) is 23.1 Å². The minimum atomic E-state index is -0.397. The Bertz CT molecular complexity index is 1020. The number of aromatic nitrogens is 2. The molecule has 0 bridgehead atoms. The molecule has 2 aromatic carbocycles. The molecule has 0 saturated heterocycles. The molecule has 0 fully saturated rings. The molecule has 0 saturated carbocycles. The first-order valence-corrected chi connectivity index (χ1v) is 10.0. The first-order chi connectivity index (χ1) is 13.9. The third-order valence-electron chi connectivity index (χ3n) is 4.01. The Morgan fingerprint density at radius 1 is 1.17 bits per heavy atom. The lowest BCUT2D eigenvalue weighted by Gasteiger charge is -2.11. The van der Waals surface area contributed by atoms with Gasteiger partial charge in [0.1, 0.15) is 5.82 Å². The van der Waals surface area contributed by atoms with Crippen LogP contribution in [-0.2, 0) is 9.59 Å². The fraction of sp³-hybridized carbons (Fsp3) is 0.150. The van der Waals surface area contributed by atoms with Crippen molar-refractivity contribution in [3.05, 3.63) is 71.3 Å². The SMILES string of the molecule is Cc1c(Cl)cccc1-n1ccnc1SCC(=O)NCC(=O)Nc1ccc(F)cc1. The van der Waals surface area contributed by atoms with Crippen molar-refractivity contribution in [2.24, 2.45) is 0 Å². The van der Waals surface area contributed by atoms with E-state index in [9.17, 15) is 14.0 Å². The Morgan fingerprint density at radius 3 is 2.69 bits per heavy atom. The molecular formula is C20H18ClFN4O2S. The van der Waals surface area contributed by atoms with Gasteiger partial charge in [-0.15, -0.1) is 0 Å². The van der Waals surface area contributed by atoms with Gasteiger partial charge in [0.25, 0.3) is 0 Å². The Labute approximate surface area is 176 Å². The highest BCUT2D eigenvalue weighted by Crippen LogP contribution is 2.26. The van der Waals surface area contributed by atoms with Crippen LogP contribution in [0, 0.1) is 12.7 Å². The van der Waals surface area contributed by atoms with E-state index in [1.54, 1.807) is 12.4 Å². The standard InChI is InChI=1S/C20H18ClFN4O2S/c1-13-16(21)3-2-4-17(13)26-10-9-23-20(26)29-12-19(28)24-11-18(27)25-15-7-5-14(22)6-8-15/h2-10H,11-12H2,1H3,(H,24,28)(H,25,27). The quantitative estimate of drug-likeness (QED) is 0.556. The number of rotatable bonds is 7. The maximum absolute atomic E-state index is 12.9. The van der Waals surface area contributed by atoms with Crippen LogP contribution < -0.4 is 10.6 Å². The van der Waals surface area contributed by atoms with Crippen LogP contribution in [0.1, 0.15) is 5.56 Å². The van der Waals surface area contributed by atoms with Crippen molar-refractivity contribution in [2.45, 2.75) is 12.1 Å². The molecule has 1 heterocycles. The number of carbonyl (C=O) groups is 2. The second kappa shape index (κ2) is 9.58. The van der Waals surface area contributed by atoms with Gasteiger partial charge in [0.2, 0.25) is 11.8 Å². The molecule has 0 radical (unpaired) electrons. The van der Waals surface area contributed by atoms with E-state index >= 15 is 0 Å². The number of nitrogens with zero attached hydrogens (tertiary/aromatic N) is 2. The molecule has 150 valence electrons. The molecule has 2 N–H and O–H groups in total. The lowest BCUT2D eigenvalue weighted by atomic mass is 10.2. The smallest absolute Gasteiger partial charge is 0.243 e. The third kappa shape index (κ3) is 5.58. The summed E-state index contributed by atoms with van der Waals surface area (Å²) < 4.78 is 14.7. The summed E-state index contributed by atoms with van der Waals surface area (Å²) in [6.45, 7) is 1.73. The summed E-state index contributed by atoms with van der Waals surface area (Å²) in [5.41, 5.74) is 2.26. The summed E-state index contributed by atoms with van der Waals surface area (Å²) in [5, 5.41) is 6.42. The number of amides is 2. The predicted molar refractivity (Wildman–Crippen MR) is 112 cm³/mol. The summed E-state index contributed by atoms with van der Waals surface area (Å²) in [4.78, 5) is 28.3. The second-order valence-electron chi connectivity index (χ2n) is 6.08. The lowest BCUT2D eigenvalue weighted by molar-refractivity contribution is -0.122. The molecule has 0 unspecified atom stereocenters. The molecule has 0 spiro atoms. The average molecular weight is 433 g/mol. The number of imidazole rings is 1. The molecular weight excluding hydrogens is 415 g/mol. The van der Waals surface area contributed by atoms with Crippen LogP contribution in [0.3, 0.4) is 0 Å². The van der Waals surface area contributed by atoms with Gasteiger partial charge in [0.15, 0.2) is 5.16 Å². The molecule has 3 rings (SSSR count). The molecule has 6 nitrogen and oxygen atoms in total. The molecule has 1 aromatic heterocycles. The first-order valence-electron chi connectivity index (χ1n) is 8.68. The van der Waals surface area contributed by atoms with Crippen molar-refractivity contribution in [2.75, 3.05) is 17.6 Å². The van der Waals surface area contributed by atoms with Crippen LogP contribution in [0.4, 0.5) is 10.1 Å². The zero-order chi connectivity index (χ0) is 20.8. The molecule has 2 amide bonds. The number of hydrogen-bond acceptors (Lipinski definition) is 4. The van der Waals surface area contributed by atoms with Gasteiger partial charge in [-0.25, -0.2) is 9.37 Å². The van der Waals surface area contributed by atoms with E-state index in [0.717, 1.165) is 11.3 Å². The van der Waals surface area contributed by atoms with Gasteiger partial charge >= 0.3 is 0 Å². The predicted octanol–water partition coefficient (Wildman–Crippen LogP) is 3.82. The van der Waals surface area contributed by atoms with E-state index in [0.29, 0.717) is 15.9 Å². The van der Waals surface area contributed by atoms with Crippen LogP contribution in [0.25, 0.3) is 5.69 Å². The monoisotopic (exact) mass is 432 g/mol. The van der Waals surface area contributed by atoms with Crippen LogP contribution >= 0.6 is 23.4 Å². The Hall–Kier alpha value is -2.84. The molecule has 0 aliphatic rings. The van der Waals surface area contributed by atoms with Crippen LogP contribution in [0.2, 0.25) is 5.02 Å². The minimum Gasteiger partial charge on any atom is -0.346 e. The summed E-state index contributed by atoms with van der Waals surface area (Å²) in [6.07, 6.45) is 3.45. The van der Waals surface area contributed by atoms with Gasteiger partial charge in [-0.3, -0.25) is 14.2 Å². The average Bonchev–Trinajstić information content (AvgIpc) is 3.17. The van der Waals surface area contributed by atoms with Crippen molar-refractivity contribution < 1.29 is 14.0 Å². The summed E-state index contributed by atoms with van der Waals surface area (Å²) in [5.74, 6) is -0.993. The fourth-order valence-corrected chi connectivity index (χ4v) is 3.50. The maximum atomic E-state index is 12.9. The second-order valence-corrected chi connectivity index (χ2v) is 7.43.